The van der Waals surface area contributed by atoms with E-state index in [1.54, 1.807) is 19.1 Å². The van der Waals surface area contributed by atoms with Crippen molar-refractivity contribution in [1.82, 2.24) is 19.6 Å². The van der Waals surface area contributed by atoms with Gasteiger partial charge in [-0.1, -0.05) is 42.9 Å². The number of ether oxygens (including phenoxy) is 1. The Morgan fingerprint density at radius 3 is 2.65 bits per heavy atom. The van der Waals surface area contributed by atoms with E-state index in [0.29, 0.717) is 34.3 Å². The molecule has 0 spiro atoms. The molecule has 1 aliphatic rings. The zero-order chi connectivity index (χ0) is 26.3. The van der Waals surface area contributed by atoms with Crippen LogP contribution in [-0.4, -0.2) is 43.0 Å². The van der Waals surface area contributed by atoms with Gasteiger partial charge in [-0.05, 0) is 56.5 Å². The SMILES string of the molecule is CCCCOc1cccc(C2C(=C(O)c3nc4c(C)cccn4c3C)C(=O)C(=O)N2c2nnc(C)s2)c1. The number of benzene rings is 1. The number of pyridine rings is 1. The monoisotopic (exact) mass is 517 g/mol. The number of hydrogen-bond donors (Lipinski definition) is 1. The first-order chi connectivity index (χ1) is 17.8. The third-order valence-electron chi connectivity index (χ3n) is 6.41. The molecule has 1 fully saturated rings. The molecule has 9 nitrogen and oxygen atoms in total. The molecule has 10 heteroatoms. The lowest BCUT2D eigenvalue weighted by Gasteiger charge is -2.23. The summed E-state index contributed by atoms with van der Waals surface area (Å²) in [6.07, 6.45) is 3.74. The van der Waals surface area contributed by atoms with Crippen molar-refractivity contribution in [2.45, 2.75) is 46.6 Å². The standard InChI is InChI=1S/C27H27N5O4S/c1-5-6-13-36-19-11-7-10-18(14-19)22-20(24(34)26(35)32(22)27-30-29-17(4)37-27)23(33)21-16(3)31-12-8-9-15(2)25(31)28-21/h7-12,14,22,33H,5-6,13H2,1-4H3. The molecule has 0 aliphatic carbocycles. The van der Waals surface area contributed by atoms with Crippen LogP contribution in [0.15, 0.2) is 48.2 Å². The summed E-state index contributed by atoms with van der Waals surface area (Å²) in [5.74, 6) is -1.30. The van der Waals surface area contributed by atoms with Crippen molar-refractivity contribution in [3.05, 3.63) is 75.7 Å². The summed E-state index contributed by atoms with van der Waals surface area (Å²) in [7, 11) is 0. The number of nitrogens with zero attached hydrogens (tertiary/aromatic N) is 5. The number of unbranched alkanes of at least 4 members (excludes halogenated alkanes) is 1. The number of carbonyl (C=O) groups excluding carboxylic acids is 2. The van der Waals surface area contributed by atoms with E-state index in [4.69, 9.17) is 4.74 Å². The Labute approximate surface area is 218 Å². The molecule has 4 aromatic rings. The number of anilines is 1. The van der Waals surface area contributed by atoms with Crippen molar-refractivity contribution < 1.29 is 19.4 Å². The Hall–Kier alpha value is -4.05. The van der Waals surface area contributed by atoms with Crippen molar-refractivity contribution in [1.29, 1.82) is 0 Å². The summed E-state index contributed by atoms with van der Waals surface area (Å²) >= 11 is 1.20. The van der Waals surface area contributed by atoms with Gasteiger partial charge in [-0.25, -0.2) is 4.98 Å². The fourth-order valence-corrected chi connectivity index (χ4v) is 5.23. The number of hydrogen-bond acceptors (Lipinski definition) is 8. The maximum Gasteiger partial charge on any atom is 0.301 e. The van der Waals surface area contributed by atoms with E-state index in [0.717, 1.165) is 18.4 Å². The van der Waals surface area contributed by atoms with Gasteiger partial charge < -0.3 is 14.2 Å². The predicted octanol–water partition coefficient (Wildman–Crippen LogP) is 4.92. The number of aromatic nitrogens is 4. The summed E-state index contributed by atoms with van der Waals surface area (Å²) in [4.78, 5) is 32.8. The van der Waals surface area contributed by atoms with Gasteiger partial charge in [0, 0.05) is 6.20 Å². The van der Waals surface area contributed by atoms with Crippen LogP contribution in [0.25, 0.3) is 11.4 Å². The van der Waals surface area contributed by atoms with E-state index in [1.807, 2.05) is 48.7 Å². The Morgan fingerprint density at radius 2 is 1.95 bits per heavy atom. The summed E-state index contributed by atoms with van der Waals surface area (Å²) in [5.41, 5.74) is 3.06. The largest absolute Gasteiger partial charge is 0.505 e. The number of Topliss-reactive ketones (excluding diaryl/α,β-unsaturated/α-hetero) is 1. The molecule has 0 radical (unpaired) electrons. The highest BCUT2D eigenvalue weighted by Gasteiger charge is 2.48. The van der Waals surface area contributed by atoms with Crippen LogP contribution in [0, 0.1) is 20.8 Å². The van der Waals surface area contributed by atoms with Crippen LogP contribution in [0.1, 0.15) is 53.3 Å². The van der Waals surface area contributed by atoms with Crippen LogP contribution in [0.2, 0.25) is 0 Å². The third-order valence-corrected chi connectivity index (χ3v) is 7.25. The summed E-state index contributed by atoms with van der Waals surface area (Å²) in [5, 5.41) is 20.7. The van der Waals surface area contributed by atoms with Crippen LogP contribution in [0.4, 0.5) is 5.13 Å². The van der Waals surface area contributed by atoms with Crippen molar-refractivity contribution >= 4 is 39.6 Å². The van der Waals surface area contributed by atoms with E-state index in [-0.39, 0.29) is 22.2 Å². The molecular formula is C27H27N5O4S. The molecule has 4 heterocycles. The van der Waals surface area contributed by atoms with E-state index in [1.165, 1.54) is 16.2 Å². The maximum atomic E-state index is 13.5. The molecule has 1 aliphatic heterocycles. The summed E-state index contributed by atoms with van der Waals surface area (Å²) < 4.78 is 7.74. The van der Waals surface area contributed by atoms with Crippen LogP contribution in [-0.2, 0) is 9.59 Å². The minimum absolute atomic E-state index is 0.0484. The smallest absolute Gasteiger partial charge is 0.301 e. The van der Waals surface area contributed by atoms with Gasteiger partial charge in [0.25, 0.3) is 5.78 Å². The summed E-state index contributed by atoms with van der Waals surface area (Å²) in [6, 6.07) is 10.1. The molecule has 190 valence electrons. The Kier molecular flexibility index (Phi) is 6.51. The molecule has 1 unspecified atom stereocenters. The van der Waals surface area contributed by atoms with Crippen LogP contribution in [0.5, 0.6) is 5.75 Å². The van der Waals surface area contributed by atoms with Crippen LogP contribution < -0.4 is 9.64 Å². The first kappa shape index (κ1) is 24.6. The maximum absolute atomic E-state index is 13.5. The lowest BCUT2D eigenvalue weighted by molar-refractivity contribution is -0.132. The van der Waals surface area contributed by atoms with Gasteiger partial charge in [0.05, 0.1) is 23.9 Å². The lowest BCUT2D eigenvalue weighted by atomic mass is 9.96. The molecule has 3 aromatic heterocycles. The summed E-state index contributed by atoms with van der Waals surface area (Å²) in [6.45, 7) is 8.15. The first-order valence-corrected chi connectivity index (χ1v) is 12.9. The molecule has 1 N–H and O–H groups in total. The molecule has 0 bridgehead atoms. The molecule has 5 rings (SSSR count). The number of carbonyl (C=O) groups is 2. The highest BCUT2D eigenvalue weighted by Crippen LogP contribution is 2.43. The second kappa shape index (κ2) is 9.78. The van der Waals surface area contributed by atoms with Gasteiger partial charge >= 0.3 is 5.91 Å². The van der Waals surface area contributed by atoms with E-state index in [9.17, 15) is 14.7 Å². The minimum atomic E-state index is -0.924. The van der Waals surface area contributed by atoms with Crippen molar-refractivity contribution in [2.75, 3.05) is 11.5 Å². The molecule has 0 saturated carbocycles. The Bertz CT molecular complexity index is 1550. The number of fused-ring (bicyclic) bond motifs is 1. The Balaban J connectivity index is 1.70. The van der Waals surface area contributed by atoms with Gasteiger partial charge in [-0.3, -0.25) is 14.5 Å². The van der Waals surface area contributed by atoms with Crippen molar-refractivity contribution in [2.24, 2.45) is 0 Å². The Morgan fingerprint density at radius 1 is 1.14 bits per heavy atom. The average molecular weight is 518 g/mol. The van der Waals surface area contributed by atoms with Crippen molar-refractivity contribution in [3.63, 3.8) is 0 Å². The zero-order valence-electron chi connectivity index (χ0n) is 21.1. The number of aliphatic hydroxyl groups is 1. The number of rotatable bonds is 7. The zero-order valence-corrected chi connectivity index (χ0v) is 21.9. The molecule has 1 aromatic carbocycles. The van der Waals surface area contributed by atoms with Crippen molar-refractivity contribution in [3.8, 4) is 5.75 Å². The normalized spacial score (nSPS) is 17.2. The molecular weight excluding hydrogens is 490 g/mol. The molecule has 37 heavy (non-hydrogen) atoms. The highest BCUT2D eigenvalue weighted by molar-refractivity contribution is 7.15. The predicted molar refractivity (Wildman–Crippen MR) is 141 cm³/mol. The van der Waals surface area contributed by atoms with E-state index in [2.05, 4.69) is 22.1 Å². The number of amides is 1. The number of aryl methyl sites for hydroxylation is 3. The van der Waals surface area contributed by atoms with Gasteiger partial charge in [0.15, 0.2) is 5.76 Å². The number of ketones is 1. The quantitative estimate of drug-likeness (QED) is 0.160. The minimum Gasteiger partial charge on any atom is -0.505 e. The van der Waals surface area contributed by atoms with Gasteiger partial charge in [0.2, 0.25) is 5.13 Å². The van der Waals surface area contributed by atoms with Gasteiger partial charge in [-0.15, -0.1) is 10.2 Å². The fraction of sp³-hybridized carbons (Fsp3) is 0.296. The van der Waals surface area contributed by atoms with Gasteiger partial charge in [0.1, 0.15) is 22.1 Å². The molecule has 1 atom stereocenters. The second-order valence-corrected chi connectivity index (χ2v) is 10.1. The number of aliphatic hydroxyl groups excluding tert-OH is 1. The molecule has 1 saturated heterocycles. The molecule has 1 amide bonds. The first-order valence-electron chi connectivity index (χ1n) is 12.1. The van der Waals surface area contributed by atoms with Crippen LogP contribution in [0.3, 0.4) is 0 Å². The third kappa shape index (κ3) is 4.27. The lowest BCUT2D eigenvalue weighted by Crippen LogP contribution is -2.29. The topological polar surface area (TPSA) is 110 Å². The van der Waals surface area contributed by atoms with E-state index < -0.39 is 17.7 Å². The highest BCUT2D eigenvalue weighted by atomic mass is 32.1. The van der Waals surface area contributed by atoms with E-state index >= 15 is 0 Å². The second-order valence-electron chi connectivity index (χ2n) is 8.98. The number of imidazole rings is 1. The average Bonchev–Trinajstić information content (AvgIpc) is 3.54. The fourth-order valence-electron chi connectivity index (χ4n) is 4.51. The van der Waals surface area contributed by atoms with Crippen LogP contribution >= 0.6 is 11.3 Å². The van der Waals surface area contributed by atoms with Gasteiger partial charge in [-0.2, -0.15) is 0 Å².